The number of nitrogens with zero attached hydrogens (tertiary/aromatic N) is 1. The minimum atomic E-state index is -3.44. The number of nitrogens with one attached hydrogen (secondary N) is 2. The molecule has 0 saturated heterocycles. The lowest BCUT2D eigenvalue weighted by atomic mass is 10.5. The Kier molecular flexibility index (Phi) is 3.40. The monoisotopic (exact) mass is 205 g/mol. The minimum absolute atomic E-state index is 0.0338. The Hall–Kier alpha value is -0.920. The highest BCUT2D eigenvalue weighted by Crippen LogP contribution is 2.03. The predicted molar refractivity (Wildman–Crippen MR) is 45.5 cm³/mol. The molecule has 0 aliphatic rings. The quantitative estimate of drug-likeness (QED) is 0.541. The number of hydrogen-bond donors (Lipinski definition) is 3. The molecule has 3 N–H and O–H groups in total. The van der Waals surface area contributed by atoms with Crippen LogP contribution in [0.4, 0.5) is 0 Å². The van der Waals surface area contributed by atoms with Crippen LogP contribution in [0.25, 0.3) is 0 Å². The molecule has 74 valence electrons. The first-order valence-corrected chi connectivity index (χ1v) is 5.24. The van der Waals surface area contributed by atoms with E-state index in [1.165, 1.54) is 12.4 Å². The lowest BCUT2D eigenvalue weighted by Crippen LogP contribution is -2.24. The summed E-state index contributed by atoms with van der Waals surface area (Å²) >= 11 is 0. The zero-order valence-electron chi connectivity index (χ0n) is 6.90. The molecule has 0 aromatic carbocycles. The van der Waals surface area contributed by atoms with E-state index < -0.39 is 10.0 Å². The van der Waals surface area contributed by atoms with Crippen molar-refractivity contribution >= 4 is 10.0 Å². The van der Waals surface area contributed by atoms with Crippen molar-refractivity contribution in [3.8, 4) is 0 Å². The van der Waals surface area contributed by atoms with Crippen LogP contribution in [0, 0.1) is 0 Å². The van der Waals surface area contributed by atoms with Gasteiger partial charge in [-0.05, 0) is 6.42 Å². The van der Waals surface area contributed by atoms with Gasteiger partial charge >= 0.3 is 0 Å². The van der Waals surface area contributed by atoms with Crippen molar-refractivity contribution in [2.24, 2.45) is 0 Å². The molecule has 13 heavy (non-hydrogen) atoms. The molecular formula is C6H11N3O3S. The predicted octanol–water partition coefficient (Wildman–Crippen LogP) is -0.930. The summed E-state index contributed by atoms with van der Waals surface area (Å²) in [5.41, 5.74) is 0. The maximum Gasteiger partial charge on any atom is 0.243 e. The summed E-state index contributed by atoms with van der Waals surface area (Å²) in [6.45, 7) is 0.192. The maximum absolute atomic E-state index is 11.3. The molecule has 0 radical (unpaired) electrons. The lowest BCUT2D eigenvalue weighted by Gasteiger charge is -2.01. The SMILES string of the molecule is O=S(=O)(NCCCO)c1cn[nH]c1. The number of aromatic amines is 1. The van der Waals surface area contributed by atoms with Gasteiger partial charge in [-0.3, -0.25) is 5.10 Å². The Morgan fingerprint density at radius 1 is 1.62 bits per heavy atom. The van der Waals surface area contributed by atoms with E-state index in [1.54, 1.807) is 0 Å². The fourth-order valence-electron chi connectivity index (χ4n) is 0.755. The molecule has 1 rings (SSSR count). The molecule has 0 amide bonds. The van der Waals surface area contributed by atoms with Gasteiger partial charge in [-0.25, -0.2) is 13.1 Å². The second-order valence-corrected chi connectivity index (χ2v) is 4.18. The fourth-order valence-corrected chi connectivity index (χ4v) is 1.73. The number of aromatic nitrogens is 2. The van der Waals surface area contributed by atoms with E-state index in [0.29, 0.717) is 6.42 Å². The van der Waals surface area contributed by atoms with Crippen LogP contribution < -0.4 is 4.72 Å². The summed E-state index contributed by atoms with van der Waals surface area (Å²) in [5, 5.41) is 14.4. The molecule has 0 unspecified atom stereocenters. The highest BCUT2D eigenvalue weighted by atomic mass is 32.2. The highest BCUT2D eigenvalue weighted by molar-refractivity contribution is 7.89. The van der Waals surface area contributed by atoms with Crippen LogP contribution >= 0.6 is 0 Å². The molecule has 7 heteroatoms. The number of H-pyrrole nitrogens is 1. The standard InChI is InChI=1S/C6H11N3O3S/c10-3-1-2-9-13(11,12)6-4-7-8-5-6/h4-5,9-10H,1-3H2,(H,7,8). The Morgan fingerprint density at radius 2 is 2.38 bits per heavy atom. The van der Waals surface area contributed by atoms with E-state index in [9.17, 15) is 8.42 Å². The molecule has 0 fully saturated rings. The molecule has 0 spiro atoms. The molecule has 0 aliphatic carbocycles. The molecule has 0 bridgehead atoms. The third-order valence-electron chi connectivity index (χ3n) is 1.41. The van der Waals surface area contributed by atoms with Crippen LogP contribution in [0.15, 0.2) is 17.3 Å². The molecule has 1 aromatic heterocycles. The third kappa shape index (κ3) is 2.79. The van der Waals surface area contributed by atoms with Crippen molar-refractivity contribution in [1.29, 1.82) is 0 Å². The van der Waals surface area contributed by atoms with Gasteiger partial charge in [-0.2, -0.15) is 5.10 Å². The molecule has 6 nitrogen and oxygen atoms in total. The third-order valence-corrected chi connectivity index (χ3v) is 2.84. The summed E-state index contributed by atoms with van der Waals surface area (Å²) < 4.78 is 24.9. The van der Waals surface area contributed by atoms with Gasteiger partial charge in [0, 0.05) is 19.3 Å². The molecular weight excluding hydrogens is 194 g/mol. The molecule has 0 atom stereocenters. The van der Waals surface area contributed by atoms with Crippen LogP contribution in [0.3, 0.4) is 0 Å². The summed E-state index contributed by atoms with van der Waals surface area (Å²) in [6.07, 6.45) is 2.92. The van der Waals surface area contributed by atoms with E-state index in [2.05, 4.69) is 14.9 Å². The Bertz CT molecular complexity index is 332. The highest BCUT2D eigenvalue weighted by Gasteiger charge is 2.13. The fraction of sp³-hybridized carbons (Fsp3) is 0.500. The van der Waals surface area contributed by atoms with Gasteiger partial charge in [0.1, 0.15) is 4.90 Å². The van der Waals surface area contributed by atoms with Crippen molar-refractivity contribution in [3.05, 3.63) is 12.4 Å². The van der Waals surface area contributed by atoms with Gasteiger partial charge < -0.3 is 5.11 Å². The van der Waals surface area contributed by atoms with E-state index in [0.717, 1.165) is 0 Å². The summed E-state index contributed by atoms with van der Waals surface area (Å²) in [7, 11) is -3.44. The van der Waals surface area contributed by atoms with E-state index in [1.807, 2.05) is 0 Å². The Morgan fingerprint density at radius 3 is 2.92 bits per heavy atom. The maximum atomic E-state index is 11.3. The largest absolute Gasteiger partial charge is 0.396 e. The van der Waals surface area contributed by atoms with Crippen molar-refractivity contribution in [1.82, 2.24) is 14.9 Å². The lowest BCUT2D eigenvalue weighted by molar-refractivity contribution is 0.289. The first-order chi connectivity index (χ1) is 6.17. The van der Waals surface area contributed by atoms with E-state index in [-0.39, 0.29) is 18.0 Å². The van der Waals surface area contributed by atoms with Gasteiger partial charge in [0.15, 0.2) is 0 Å². The number of aliphatic hydroxyl groups is 1. The van der Waals surface area contributed by atoms with Gasteiger partial charge in [0.2, 0.25) is 10.0 Å². The summed E-state index contributed by atoms with van der Waals surface area (Å²) in [6, 6.07) is 0. The zero-order valence-corrected chi connectivity index (χ0v) is 7.71. The second kappa shape index (κ2) is 4.35. The summed E-state index contributed by atoms with van der Waals surface area (Å²) in [5.74, 6) is 0. The first-order valence-electron chi connectivity index (χ1n) is 3.76. The first kappa shape index (κ1) is 10.2. The normalized spacial score (nSPS) is 11.8. The number of aliphatic hydroxyl groups excluding tert-OH is 1. The summed E-state index contributed by atoms with van der Waals surface area (Å²) in [4.78, 5) is 0.102. The molecule has 0 aliphatic heterocycles. The van der Waals surface area contributed by atoms with Gasteiger partial charge in [0.25, 0.3) is 0 Å². The van der Waals surface area contributed by atoms with Crippen molar-refractivity contribution in [3.63, 3.8) is 0 Å². The number of rotatable bonds is 5. The number of sulfonamides is 1. The van der Waals surface area contributed by atoms with Crippen molar-refractivity contribution in [2.45, 2.75) is 11.3 Å². The minimum Gasteiger partial charge on any atom is -0.396 e. The molecule has 0 saturated carbocycles. The smallest absolute Gasteiger partial charge is 0.243 e. The average Bonchev–Trinajstić information content (AvgIpc) is 2.56. The Labute approximate surface area is 76.0 Å². The van der Waals surface area contributed by atoms with Gasteiger partial charge in [-0.15, -0.1) is 0 Å². The van der Waals surface area contributed by atoms with Crippen molar-refractivity contribution < 1.29 is 13.5 Å². The average molecular weight is 205 g/mol. The molecule has 1 aromatic rings. The van der Waals surface area contributed by atoms with Gasteiger partial charge in [0.05, 0.1) is 6.20 Å². The van der Waals surface area contributed by atoms with E-state index >= 15 is 0 Å². The van der Waals surface area contributed by atoms with Crippen LogP contribution in [0.1, 0.15) is 6.42 Å². The van der Waals surface area contributed by atoms with E-state index in [4.69, 9.17) is 5.11 Å². The number of hydrogen-bond acceptors (Lipinski definition) is 4. The van der Waals surface area contributed by atoms with Crippen LogP contribution in [0.2, 0.25) is 0 Å². The van der Waals surface area contributed by atoms with Crippen LogP contribution in [-0.2, 0) is 10.0 Å². The Balaban J connectivity index is 2.58. The second-order valence-electron chi connectivity index (χ2n) is 2.41. The molecule has 1 heterocycles. The van der Waals surface area contributed by atoms with Crippen molar-refractivity contribution in [2.75, 3.05) is 13.2 Å². The van der Waals surface area contributed by atoms with Gasteiger partial charge in [-0.1, -0.05) is 0 Å². The topological polar surface area (TPSA) is 95.1 Å². The van der Waals surface area contributed by atoms with Crippen LogP contribution in [0.5, 0.6) is 0 Å². The zero-order chi connectivity index (χ0) is 9.73. The van der Waals surface area contributed by atoms with Crippen LogP contribution in [-0.4, -0.2) is 36.9 Å².